The van der Waals surface area contributed by atoms with Gasteiger partial charge in [0.15, 0.2) is 0 Å². The van der Waals surface area contributed by atoms with Crippen LogP contribution in [0, 0.1) is 0 Å². The molecule has 1 aliphatic carbocycles. The van der Waals surface area contributed by atoms with E-state index in [4.69, 9.17) is 4.74 Å². The Bertz CT molecular complexity index is 527. The zero-order valence-corrected chi connectivity index (χ0v) is 10.4. The second kappa shape index (κ2) is 4.44. The molecule has 0 saturated heterocycles. The highest BCUT2D eigenvalue weighted by molar-refractivity contribution is 5.86. The van der Waals surface area contributed by atoms with E-state index in [-0.39, 0.29) is 0 Å². The molecule has 1 aromatic heterocycles. The average Bonchev–Trinajstić information content (AvgIpc) is 2.65. The maximum absolute atomic E-state index is 5.28. The van der Waals surface area contributed by atoms with Gasteiger partial charge in [-0.2, -0.15) is 0 Å². The van der Waals surface area contributed by atoms with Gasteiger partial charge in [0.2, 0.25) is 0 Å². The van der Waals surface area contributed by atoms with Crippen molar-refractivity contribution in [2.45, 2.75) is 38.5 Å². The van der Waals surface area contributed by atoms with Crippen LogP contribution in [0.4, 0.5) is 0 Å². The molecule has 1 aliphatic rings. The first kappa shape index (κ1) is 10.7. The molecule has 0 aliphatic heterocycles. The van der Waals surface area contributed by atoms with E-state index in [0.717, 1.165) is 5.75 Å². The Kier molecular flexibility index (Phi) is 2.79. The summed E-state index contributed by atoms with van der Waals surface area (Å²) in [5, 5.41) is 1.39. The second-order valence-corrected chi connectivity index (χ2v) is 4.91. The van der Waals surface area contributed by atoms with Crippen LogP contribution in [0.15, 0.2) is 18.2 Å². The van der Waals surface area contributed by atoms with Crippen molar-refractivity contribution in [3.05, 3.63) is 29.5 Å². The molecule has 0 fully saturated rings. The summed E-state index contributed by atoms with van der Waals surface area (Å²) in [4.78, 5) is 3.58. The summed E-state index contributed by atoms with van der Waals surface area (Å²) >= 11 is 0. The number of aromatic nitrogens is 1. The van der Waals surface area contributed by atoms with E-state index in [1.165, 1.54) is 55.1 Å². The molecule has 3 rings (SSSR count). The Morgan fingerprint density at radius 3 is 2.71 bits per heavy atom. The number of aryl methyl sites for hydroxylation is 2. The van der Waals surface area contributed by atoms with E-state index in [1.54, 1.807) is 12.7 Å². The minimum Gasteiger partial charge on any atom is -0.497 e. The molecule has 0 atom stereocenters. The van der Waals surface area contributed by atoms with Crippen molar-refractivity contribution >= 4 is 10.9 Å². The van der Waals surface area contributed by atoms with Crippen LogP contribution >= 0.6 is 0 Å². The van der Waals surface area contributed by atoms with Crippen LogP contribution in [0.5, 0.6) is 5.75 Å². The van der Waals surface area contributed by atoms with Crippen molar-refractivity contribution in [1.29, 1.82) is 0 Å². The fourth-order valence-electron chi connectivity index (χ4n) is 2.87. The Labute approximate surface area is 102 Å². The summed E-state index contributed by atoms with van der Waals surface area (Å²) in [6, 6.07) is 6.38. The number of hydrogen-bond acceptors (Lipinski definition) is 1. The lowest BCUT2D eigenvalue weighted by Crippen LogP contribution is -1.97. The number of rotatable bonds is 1. The second-order valence-electron chi connectivity index (χ2n) is 4.91. The minimum absolute atomic E-state index is 0.937. The molecule has 2 heteroatoms. The van der Waals surface area contributed by atoms with Crippen molar-refractivity contribution in [3.63, 3.8) is 0 Å². The monoisotopic (exact) mass is 229 g/mol. The van der Waals surface area contributed by atoms with Gasteiger partial charge >= 0.3 is 0 Å². The van der Waals surface area contributed by atoms with Gasteiger partial charge in [0.25, 0.3) is 0 Å². The van der Waals surface area contributed by atoms with Gasteiger partial charge in [-0.15, -0.1) is 0 Å². The van der Waals surface area contributed by atoms with Crippen LogP contribution in [-0.4, -0.2) is 12.1 Å². The lowest BCUT2D eigenvalue weighted by Gasteiger charge is -2.09. The molecule has 1 aromatic carbocycles. The molecule has 0 saturated carbocycles. The number of nitrogens with one attached hydrogen (secondary N) is 1. The van der Waals surface area contributed by atoms with Crippen LogP contribution in [0.3, 0.4) is 0 Å². The SMILES string of the molecule is COc1ccc2c3c([nH]c2c1)CCCCCC3. The summed E-state index contributed by atoms with van der Waals surface area (Å²) in [6.07, 6.45) is 7.82. The molecular weight excluding hydrogens is 210 g/mol. The largest absolute Gasteiger partial charge is 0.497 e. The summed E-state index contributed by atoms with van der Waals surface area (Å²) in [7, 11) is 1.72. The lowest BCUT2D eigenvalue weighted by molar-refractivity contribution is 0.415. The number of ether oxygens (including phenoxy) is 1. The van der Waals surface area contributed by atoms with Gasteiger partial charge in [-0.25, -0.2) is 0 Å². The molecule has 2 nitrogen and oxygen atoms in total. The smallest absolute Gasteiger partial charge is 0.120 e. The number of aromatic amines is 1. The van der Waals surface area contributed by atoms with Gasteiger partial charge in [0, 0.05) is 22.7 Å². The van der Waals surface area contributed by atoms with Crippen LogP contribution in [0.2, 0.25) is 0 Å². The van der Waals surface area contributed by atoms with Crippen LogP contribution in [0.25, 0.3) is 10.9 Å². The van der Waals surface area contributed by atoms with Gasteiger partial charge in [-0.3, -0.25) is 0 Å². The molecule has 0 amide bonds. The zero-order chi connectivity index (χ0) is 11.7. The van der Waals surface area contributed by atoms with Gasteiger partial charge in [0.05, 0.1) is 7.11 Å². The normalized spacial score (nSPS) is 16.3. The Morgan fingerprint density at radius 2 is 1.88 bits per heavy atom. The van der Waals surface area contributed by atoms with Crippen molar-refractivity contribution in [2.24, 2.45) is 0 Å². The zero-order valence-electron chi connectivity index (χ0n) is 10.4. The number of H-pyrrole nitrogens is 1. The summed E-state index contributed by atoms with van der Waals surface area (Å²) < 4.78 is 5.28. The van der Waals surface area contributed by atoms with Gasteiger partial charge < -0.3 is 9.72 Å². The summed E-state index contributed by atoms with van der Waals surface area (Å²) in [5.41, 5.74) is 4.23. The number of hydrogen-bond donors (Lipinski definition) is 1. The van der Waals surface area contributed by atoms with Gasteiger partial charge in [0.1, 0.15) is 5.75 Å². The number of benzene rings is 1. The van der Waals surface area contributed by atoms with Crippen LogP contribution < -0.4 is 4.74 Å². The predicted octanol–water partition coefficient (Wildman–Crippen LogP) is 3.84. The van der Waals surface area contributed by atoms with Crippen molar-refractivity contribution < 1.29 is 4.74 Å². The third kappa shape index (κ3) is 1.92. The van der Waals surface area contributed by atoms with Crippen molar-refractivity contribution in [1.82, 2.24) is 4.98 Å². The molecule has 2 aromatic rings. The summed E-state index contributed by atoms with van der Waals surface area (Å²) in [6.45, 7) is 0. The molecule has 1 heterocycles. The number of methoxy groups -OCH3 is 1. The molecular formula is C15H19NO. The van der Waals surface area contributed by atoms with E-state index < -0.39 is 0 Å². The molecule has 17 heavy (non-hydrogen) atoms. The van der Waals surface area contributed by atoms with E-state index in [2.05, 4.69) is 23.2 Å². The summed E-state index contributed by atoms with van der Waals surface area (Å²) in [5.74, 6) is 0.937. The maximum atomic E-state index is 5.28. The lowest BCUT2D eigenvalue weighted by atomic mass is 9.97. The fraction of sp³-hybridized carbons (Fsp3) is 0.467. The predicted molar refractivity (Wildman–Crippen MR) is 70.7 cm³/mol. The highest BCUT2D eigenvalue weighted by atomic mass is 16.5. The Hall–Kier alpha value is -1.44. The molecule has 90 valence electrons. The van der Waals surface area contributed by atoms with Crippen LogP contribution in [0.1, 0.15) is 36.9 Å². The average molecular weight is 229 g/mol. The molecule has 0 radical (unpaired) electrons. The Morgan fingerprint density at radius 1 is 1.06 bits per heavy atom. The van der Waals surface area contributed by atoms with E-state index in [1.807, 2.05) is 0 Å². The van der Waals surface area contributed by atoms with Gasteiger partial charge in [-0.1, -0.05) is 12.8 Å². The number of fused-ring (bicyclic) bond motifs is 3. The first-order valence-electron chi connectivity index (χ1n) is 6.56. The molecule has 0 spiro atoms. The van der Waals surface area contributed by atoms with Crippen LogP contribution in [-0.2, 0) is 12.8 Å². The highest BCUT2D eigenvalue weighted by Gasteiger charge is 2.13. The highest BCUT2D eigenvalue weighted by Crippen LogP contribution is 2.30. The third-order valence-corrected chi connectivity index (χ3v) is 3.81. The molecule has 0 unspecified atom stereocenters. The van der Waals surface area contributed by atoms with Crippen molar-refractivity contribution in [2.75, 3.05) is 7.11 Å². The molecule has 1 N–H and O–H groups in total. The van der Waals surface area contributed by atoms with E-state index >= 15 is 0 Å². The maximum Gasteiger partial charge on any atom is 0.120 e. The standard InChI is InChI=1S/C15H19NO/c1-17-11-8-9-13-12-6-4-2-3-5-7-14(12)16-15(13)10-11/h8-10,16H,2-7H2,1H3. The van der Waals surface area contributed by atoms with Gasteiger partial charge in [-0.05, 0) is 43.4 Å². The molecule has 0 bridgehead atoms. The topological polar surface area (TPSA) is 25.0 Å². The minimum atomic E-state index is 0.937. The fourth-order valence-corrected chi connectivity index (χ4v) is 2.87. The van der Waals surface area contributed by atoms with Crippen molar-refractivity contribution in [3.8, 4) is 5.75 Å². The quantitative estimate of drug-likeness (QED) is 0.789. The third-order valence-electron chi connectivity index (χ3n) is 3.81. The van der Waals surface area contributed by atoms with E-state index in [0.29, 0.717) is 0 Å². The first-order chi connectivity index (χ1) is 8.38. The first-order valence-corrected chi connectivity index (χ1v) is 6.56. The Balaban J connectivity index is 2.11. The van der Waals surface area contributed by atoms with E-state index in [9.17, 15) is 0 Å².